The Kier molecular flexibility index (Phi) is 5.01. The number of rotatable bonds is 4. The molecule has 0 saturated heterocycles. The fourth-order valence-corrected chi connectivity index (χ4v) is 1.51. The van der Waals surface area contributed by atoms with Crippen molar-refractivity contribution in [2.24, 2.45) is 0 Å². The fraction of sp³-hybridized carbons (Fsp3) is 0.500. The minimum atomic E-state index is -4.51. The maximum atomic E-state index is 12.9. The van der Waals surface area contributed by atoms with E-state index in [1.54, 1.807) is 12.1 Å². The van der Waals surface area contributed by atoms with Gasteiger partial charge >= 0.3 is 6.18 Å². The van der Waals surface area contributed by atoms with Gasteiger partial charge in [-0.05, 0) is 38.5 Å². The average molecular weight is 286 g/mol. The zero-order valence-electron chi connectivity index (χ0n) is 11.6. The normalized spacial score (nSPS) is 12.1. The summed E-state index contributed by atoms with van der Waals surface area (Å²) in [5, 5.41) is 11.5. The van der Waals surface area contributed by atoms with Crippen LogP contribution in [0.25, 0.3) is 0 Å². The SMILES string of the molecule is CC(C)(C)NCc1ccc(OCC#N)c(C(F)(F)F)c1. The van der Waals surface area contributed by atoms with Crippen molar-refractivity contribution in [3.05, 3.63) is 29.3 Å². The Bertz CT molecular complexity index is 499. The summed E-state index contributed by atoms with van der Waals surface area (Å²) in [6.45, 7) is 5.71. The molecule has 0 fully saturated rings. The highest BCUT2D eigenvalue weighted by molar-refractivity contribution is 5.39. The number of nitrogens with one attached hydrogen (secondary N) is 1. The van der Waals surface area contributed by atoms with Crippen LogP contribution in [0.2, 0.25) is 0 Å². The molecule has 0 radical (unpaired) electrons. The minimum absolute atomic E-state index is 0.186. The van der Waals surface area contributed by atoms with Gasteiger partial charge in [0, 0.05) is 12.1 Å². The van der Waals surface area contributed by atoms with Crippen molar-refractivity contribution in [1.29, 1.82) is 5.26 Å². The largest absolute Gasteiger partial charge is 0.478 e. The summed E-state index contributed by atoms with van der Waals surface area (Å²) in [7, 11) is 0. The number of benzene rings is 1. The van der Waals surface area contributed by atoms with Crippen LogP contribution in [0.15, 0.2) is 18.2 Å². The van der Waals surface area contributed by atoms with Crippen molar-refractivity contribution >= 4 is 0 Å². The summed E-state index contributed by atoms with van der Waals surface area (Å²) in [6.07, 6.45) is -4.51. The van der Waals surface area contributed by atoms with Gasteiger partial charge in [0.15, 0.2) is 6.61 Å². The Morgan fingerprint density at radius 3 is 2.40 bits per heavy atom. The monoisotopic (exact) mass is 286 g/mol. The summed E-state index contributed by atoms with van der Waals surface area (Å²) >= 11 is 0. The molecule has 1 aromatic carbocycles. The quantitative estimate of drug-likeness (QED) is 0.921. The second-order valence-corrected chi connectivity index (χ2v) is 5.38. The molecular weight excluding hydrogens is 269 g/mol. The summed E-state index contributed by atoms with van der Waals surface area (Å²) in [5.41, 5.74) is -0.536. The second-order valence-electron chi connectivity index (χ2n) is 5.38. The number of ether oxygens (including phenoxy) is 1. The first-order valence-electron chi connectivity index (χ1n) is 6.08. The molecule has 1 N–H and O–H groups in total. The van der Waals surface area contributed by atoms with Crippen molar-refractivity contribution in [2.75, 3.05) is 6.61 Å². The summed E-state index contributed by atoms with van der Waals surface area (Å²) in [6, 6.07) is 5.51. The van der Waals surface area contributed by atoms with Crippen LogP contribution in [0.1, 0.15) is 31.9 Å². The van der Waals surface area contributed by atoms with E-state index < -0.39 is 18.3 Å². The van der Waals surface area contributed by atoms with Crippen LogP contribution in [-0.4, -0.2) is 12.1 Å². The van der Waals surface area contributed by atoms with Crippen LogP contribution in [0.5, 0.6) is 5.75 Å². The van der Waals surface area contributed by atoms with E-state index in [0.717, 1.165) is 6.07 Å². The molecule has 0 aliphatic rings. The van der Waals surface area contributed by atoms with Crippen molar-refractivity contribution in [2.45, 2.75) is 39.0 Å². The van der Waals surface area contributed by atoms with E-state index in [1.165, 1.54) is 6.07 Å². The zero-order valence-corrected chi connectivity index (χ0v) is 11.6. The lowest BCUT2D eigenvalue weighted by atomic mass is 10.1. The number of nitrogens with zero attached hydrogens (tertiary/aromatic N) is 1. The molecule has 0 atom stereocenters. The van der Waals surface area contributed by atoms with Gasteiger partial charge in [0.1, 0.15) is 11.8 Å². The Hall–Kier alpha value is -1.74. The molecule has 0 heterocycles. The van der Waals surface area contributed by atoms with Crippen LogP contribution in [-0.2, 0) is 12.7 Å². The summed E-state index contributed by atoms with van der Waals surface area (Å²) in [4.78, 5) is 0. The number of halogens is 3. The maximum absolute atomic E-state index is 12.9. The highest BCUT2D eigenvalue weighted by atomic mass is 19.4. The maximum Gasteiger partial charge on any atom is 0.419 e. The molecule has 0 saturated carbocycles. The number of hydrogen-bond acceptors (Lipinski definition) is 3. The van der Waals surface area contributed by atoms with Crippen LogP contribution in [0.3, 0.4) is 0 Å². The molecule has 20 heavy (non-hydrogen) atoms. The first kappa shape index (κ1) is 16.3. The molecule has 0 unspecified atom stereocenters. The lowest BCUT2D eigenvalue weighted by Gasteiger charge is -2.21. The number of alkyl halides is 3. The molecule has 0 bridgehead atoms. The molecule has 1 rings (SSSR count). The molecule has 0 amide bonds. The van der Waals surface area contributed by atoms with Crippen molar-refractivity contribution in [1.82, 2.24) is 5.32 Å². The van der Waals surface area contributed by atoms with E-state index in [4.69, 9.17) is 10.00 Å². The third-order valence-corrected chi connectivity index (χ3v) is 2.46. The Morgan fingerprint density at radius 1 is 1.25 bits per heavy atom. The zero-order chi connectivity index (χ0) is 15.4. The molecule has 3 nitrogen and oxygen atoms in total. The molecule has 6 heteroatoms. The smallest absolute Gasteiger partial charge is 0.419 e. The third-order valence-electron chi connectivity index (χ3n) is 2.46. The molecule has 0 aliphatic heterocycles. The standard InChI is InChI=1S/C14H17F3N2O/c1-13(2,3)19-9-10-4-5-12(20-7-6-18)11(8-10)14(15,16)17/h4-5,8,19H,7,9H2,1-3H3. The highest BCUT2D eigenvalue weighted by Gasteiger charge is 2.34. The number of hydrogen-bond donors (Lipinski definition) is 1. The van der Waals surface area contributed by atoms with Gasteiger partial charge < -0.3 is 10.1 Å². The molecule has 1 aromatic rings. The minimum Gasteiger partial charge on any atom is -0.478 e. The van der Waals surface area contributed by atoms with E-state index in [2.05, 4.69) is 5.32 Å². The van der Waals surface area contributed by atoms with Gasteiger partial charge in [-0.3, -0.25) is 0 Å². The second kappa shape index (κ2) is 6.14. The van der Waals surface area contributed by atoms with Gasteiger partial charge in [-0.2, -0.15) is 18.4 Å². The Morgan fingerprint density at radius 2 is 1.90 bits per heavy atom. The fourth-order valence-electron chi connectivity index (χ4n) is 1.51. The van der Waals surface area contributed by atoms with E-state index in [1.807, 2.05) is 20.8 Å². The highest BCUT2D eigenvalue weighted by Crippen LogP contribution is 2.36. The van der Waals surface area contributed by atoms with Crippen LogP contribution in [0.4, 0.5) is 13.2 Å². The van der Waals surface area contributed by atoms with Gasteiger partial charge in [-0.1, -0.05) is 6.07 Å². The van der Waals surface area contributed by atoms with Gasteiger partial charge in [-0.15, -0.1) is 0 Å². The van der Waals surface area contributed by atoms with Gasteiger partial charge in [-0.25, -0.2) is 0 Å². The predicted molar refractivity (Wildman–Crippen MR) is 69.1 cm³/mol. The van der Waals surface area contributed by atoms with Gasteiger partial charge in [0.2, 0.25) is 0 Å². The number of nitriles is 1. The van der Waals surface area contributed by atoms with Gasteiger partial charge in [0.25, 0.3) is 0 Å². The van der Waals surface area contributed by atoms with Crippen LogP contribution >= 0.6 is 0 Å². The average Bonchev–Trinajstić information content (AvgIpc) is 2.32. The predicted octanol–water partition coefficient (Wildman–Crippen LogP) is 3.50. The Balaban J connectivity index is 2.99. The molecule has 0 aromatic heterocycles. The van der Waals surface area contributed by atoms with E-state index >= 15 is 0 Å². The van der Waals surface area contributed by atoms with E-state index in [9.17, 15) is 13.2 Å². The van der Waals surface area contributed by atoms with Gasteiger partial charge in [0.05, 0.1) is 5.56 Å². The topological polar surface area (TPSA) is 45.0 Å². The van der Waals surface area contributed by atoms with Crippen LogP contribution in [0, 0.1) is 11.3 Å². The van der Waals surface area contributed by atoms with Crippen LogP contribution < -0.4 is 10.1 Å². The first-order valence-corrected chi connectivity index (χ1v) is 6.08. The summed E-state index contributed by atoms with van der Waals surface area (Å²) < 4.78 is 43.7. The van der Waals surface area contributed by atoms with E-state index in [0.29, 0.717) is 12.1 Å². The van der Waals surface area contributed by atoms with E-state index in [-0.39, 0.29) is 11.3 Å². The van der Waals surface area contributed by atoms with Crippen molar-refractivity contribution in [3.8, 4) is 11.8 Å². The molecule has 0 spiro atoms. The molecule has 110 valence electrons. The lowest BCUT2D eigenvalue weighted by Crippen LogP contribution is -2.35. The molecular formula is C14H17F3N2O. The summed E-state index contributed by atoms with van der Waals surface area (Å²) in [5.74, 6) is -0.321. The van der Waals surface area contributed by atoms with Crippen molar-refractivity contribution < 1.29 is 17.9 Å². The lowest BCUT2D eigenvalue weighted by molar-refractivity contribution is -0.138. The first-order chi connectivity index (χ1) is 9.13. The third kappa shape index (κ3) is 5.10. The molecule has 0 aliphatic carbocycles. The Labute approximate surface area is 116 Å². The van der Waals surface area contributed by atoms with Crippen molar-refractivity contribution in [3.63, 3.8) is 0 Å².